The van der Waals surface area contributed by atoms with Gasteiger partial charge < -0.3 is 10.4 Å². The number of hydrogen-bond donors (Lipinski definition) is 3. The molecule has 0 saturated heterocycles. The summed E-state index contributed by atoms with van der Waals surface area (Å²) in [7, 11) is 0. The molecule has 5 heteroatoms. The lowest BCUT2D eigenvalue weighted by atomic mass is 9.97. The summed E-state index contributed by atoms with van der Waals surface area (Å²) in [5.74, 6) is 0.634. The first-order valence-corrected chi connectivity index (χ1v) is 7.73. The van der Waals surface area contributed by atoms with Gasteiger partial charge in [0.15, 0.2) is 0 Å². The predicted molar refractivity (Wildman–Crippen MR) is 81.6 cm³/mol. The number of thiol groups is 1. The van der Waals surface area contributed by atoms with Gasteiger partial charge in [-0.15, -0.1) is 12.6 Å². The summed E-state index contributed by atoms with van der Waals surface area (Å²) in [4.78, 5) is 12.8. The third-order valence-corrected chi connectivity index (χ3v) is 4.64. The number of benzene rings is 1. The Morgan fingerprint density at radius 2 is 2.16 bits per heavy atom. The summed E-state index contributed by atoms with van der Waals surface area (Å²) in [5.41, 5.74) is 0.588. The molecule has 0 aromatic heterocycles. The van der Waals surface area contributed by atoms with E-state index in [0.29, 0.717) is 28.8 Å². The number of nitrogens with one attached hydrogen (secondary N) is 1. The van der Waals surface area contributed by atoms with Crippen LogP contribution in [-0.4, -0.2) is 24.2 Å². The van der Waals surface area contributed by atoms with Crippen LogP contribution in [0.4, 0.5) is 0 Å². The average molecular weight is 344 g/mol. The summed E-state index contributed by atoms with van der Waals surface area (Å²) in [5, 5.41) is 12.2. The van der Waals surface area contributed by atoms with Crippen LogP contribution in [0.1, 0.15) is 29.6 Å². The SMILES string of the molecule is O=C(NCC1CCCC1CO)c1ccc(Br)cc1S. The van der Waals surface area contributed by atoms with Gasteiger partial charge in [-0.3, -0.25) is 4.79 Å². The van der Waals surface area contributed by atoms with Gasteiger partial charge >= 0.3 is 0 Å². The Morgan fingerprint density at radius 3 is 2.84 bits per heavy atom. The highest BCUT2D eigenvalue weighted by atomic mass is 79.9. The molecule has 2 atom stereocenters. The molecule has 1 fully saturated rings. The van der Waals surface area contributed by atoms with Crippen LogP contribution < -0.4 is 5.32 Å². The van der Waals surface area contributed by atoms with Crippen molar-refractivity contribution < 1.29 is 9.90 Å². The third kappa shape index (κ3) is 3.74. The second-order valence-electron chi connectivity index (χ2n) is 5.01. The first-order chi connectivity index (χ1) is 9.11. The van der Waals surface area contributed by atoms with Crippen LogP contribution in [0.25, 0.3) is 0 Å². The van der Waals surface area contributed by atoms with Crippen molar-refractivity contribution in [1.82, 2.24) is 5.32 Å². The molecule has 1 aromatic rings. The Balaban J connectivity index is 1.94. The molecule has 0 spiro atoms. The second kappa shape index (κ2) is 6.77. The summed E-state index contributed by atoms with van der Waals surface area (Å²) < 4.78 is 0.908. The average Bonchev–Trinajstić information content (AvgIpc) is 2.83. The molecular formula is C14H18BrNO2S. The van der Waals surface area contributed by atoms with Crippen molar-refractivity contribution in [3.63, 3.8) is 0 Å². The van der Waals surface area contributed by atoms with Gasteiger partial charge in [0.1, 0.15) is 0 Å². The number of carbonyl (C=O) groups is 1. The minimum Gasteiger partial charge on any atom is -0.396 e. The molecule has 1 aliphatic rings. The summed E-state index contributed by atoms with van der Waals surface area (Å²) >= 11 is 7.66. The van der Waals surface area contributed by atoms with E-state index in [1.165, 1.54) is 0 Å². The molecule has 0 bridgehead atoms. The lowest BCUT2D eigenvalue weighted by Gasteiger charge is -2.18. The molecule has 1 amide bonds. The van der Waals surface area contributed by atoms with E-state index < -0.39 is 0 Å². The largest absolute Gasteiger partial charge is 0.396 e. The summed E-state index contributed by atoms with van der Waals surface area (Å²) in [6.45, 7) is 0.851. The van der Waals surface area contributed by atoms with Crippen LogP contribution >= 0.6 is 28.6 Å². The minimum atomic E-state index is -0.0962. The maximum absolute atomic E-state index is 12.1. The van der Waals surface area contributed by atoms with Gasteiger partial charge in [-0.2, -0.15) is 0 Å². The molecular weight excluding hydrogens is 326 g/mol. The van der Waals surface area contributed by atoms with Crippen LogP contribution in [0.5, 0.6) is 0 Å². The molecule has 2 unspecified atom stereocenters. The molecule has 3 nitrogen and oxygen atoms in total. The van der Waals surface area contributed by atoms with E-state index in [2.05, 4.69) is 33.9 Å². The number of hydrogen-bond acceptors (Lipinski definition) is 3. The molecule has 104 valence electrons. The van der Waals surface area contributed by atoms with E-state index >= 15 is 0 Å². The standard InChI is InChI=1S/C14H18BrNO2S/c15-11-4-5-12(13(19)6-11)14(18)16-7-9-2-1-3-10(9)8-17/h4-6,9-10,17,19H,1-3,7-8H2,(H,16,18). The molecule has 0 aliphatic heterocycles. The number of aliphatic hydroxyl groups excluding tert-OH is 1. The van der Waals surface area contributed by atoms with Gasteiger partial charge in [0.2, 0.25) is 0 Å². The molecule has 1 aromatic carbocycles. The van der Waals surface area contributed by atoms with E-state index in [-0.39, 0.29) is 12.5 Å². The lowest BCUT2D eigenvalue weighted by Crippen LogP contribution is -2.31. The topological polar surface area (TPSA) is 49.3 Å². The number of halogens is 1. The Kier molecular flexibility index (Phi) is 5.30. The van der Waals surface area contributed by atoms with Crippen molar-refractivity contribution in [3.05, 3.63) is 28.2 Å². The molecule has 2 rings (SSSR count). The van der Waals surface area contributed by atoms with Crippen molar-refractivity contribution in [2.75, 3.05) is 13.2 Å². The zero-order valence-electron chi connectivity index (χ0n) is 10.6. The quantitative estimate of drug-likeness (QED) is 0.736. The predicted octanol–water partition coefficient (Wildman–Crippen LogP) is 2.88. The van der Waals surface area contributed by atoms with Crippen molar-refractivity contribution in [2.24, 2.45) is 11.8 Å². The molecule has 1 aliphatic carbocycles. The molecule has 0 radical (unpaired) electrons. The van der Waals surface area contributed by atoms with Crippen molar-refractivity contribution in [2.45, 2.75) is 24.2 Å². The maximum atomic E-state index is 12.1. The van der Waals surface area contributed by atoms with Crippen LogP contribution in [0.15, 0.2) is 27.6 Å². The second-order valence-corrected chi connectivity index (χ2v) is 6.40. The van der Waals surface area contributed by atoms with E-state index in [1.54, 1.807) is 6.07 Å². The molecule has 19 heavy (non-hydrogen) atoms. The van der Waals surface area contributed by atoms with Crippen molar-refractivity contribution in [1.29, 1.82) is 0 Å². The minimum absolute atomic E-state index is 0.0962. The van der Waals surface area contributed by atoms with Gasteiger partial charge in [0.05, 0.1) is 5.56 Å². The van der Waals surface area contributed by atoms with E-state index in [1.807, 2.05) is 12.1 Å². The van der Waals surface area contributed by atoms with Crippen LogP contribution in [0, 0.1) is 11.8 Å². The summed E-state index contributed by atoms with van der Waals surface area (Å²) in [6.07, 6.45) is 3.29. The van der Waals surface area contributed by atoms with Gasteiger partial charge in [0.25, 0.3) is 5.91 Å². The Morgan fingerprint density at radius 1 is 1.42 bits per heavy atom. The number of amides is 1. The fourth-order valence-electron chi connectivity index (χ4n) is 2.64. The van der Waals surface area contributed by atoms with E-state index in [0.717, 1.165) is 23.7 Å². The molecule has 2 N–H and O–H groups in total. The number of carbonyl (C=O) groups excluding carboxylic acids is 1. The van der Waals surface area contributed by atoms with Crippen LogP contribution in [0.2, 0.25) is 0 Å². The van der Waals surface area contributed by atoms with Gasteiger partial charge in [0, 0.05) is 22.5 Å². The first-order valence-electron chi connectivity index (χ1n) is 6.49. The van der Waals surface area contributed by atoms with Gasteiger partial charge in [-0.1, -0.05) is 22.4 Å². The normalized spacial score (nSPS) is 22.5. The van der Waals surface area contributed by atoms with Crippen LogP contribution in [-0.2, 0) is 0 Å². The van der Waals surface area contributed by atoms with E-state index in [4.69, 9.17) is 0 Å². The summed E-state index contributed by atoms with van der Waals surface area (Å²) in [6, 6.07) is 5.41. The number of aliphatic hydroxyl groups is 1. The Bertz CT molecular complexity index is 467. The highest BCUT2D eigenvalue weighted by Gasteiger charge is 2.26. The van der Waals surface area contributed by atoms with E-state index in [9.17, 15) is 9.90 Å². The first kappa shape index (κ1) is 14.9. The maximum Gasteiger partial charge on any atom is 0.252 e. The zero-order chi connectivity index (χ0) is 13.8. The monoisotopic (exact) mass is 343 g/mol. The number of rotatable bonds is 4. The van der Waals surface area contributed by atoms with Crippen molar-refractivity contribution in [3.8, 4) is 0 Å². The highest BCUT2D eigenvalue weighted by Crippen LogP contribution is 2.30. The van der Waals surface area contributed by atoms with Gasteiger partial charge in [-0.05, 0) is 42.9 Å². The Hall–Kier alpha value is -0.520. The van der Waals surface area contributed by atoms with Gasteiger partial charge in [-0.25, -0.2) is 0 Å². The smallest absolute Gasteiger partial charge is 0.252 e. The highest BCUT2D eigenvalue weighted by molar-refractivity contribution is 9.10. The fraction of sp³-hybridized carbons (Fsp3) is 0.500. The lowest BCUT2D eigenvalue weighted by molar-refractivity contribution is 0.0935. The Labute approximate surface area is 127 Å². The van der Waals surface area contributed by atoms with Crippen molar-refractivity contribution >= 4 is 34.5 Å². The third-order valence-electron chi connectivity index (χ3n) is 3.78. The zero-order valence-corrected chi connectivity index (χ0v) is 13.1. The molecule has 1 saturated carbocycles. The van der Waals surface area contributed by atoms with Crippen LogP contribution in [0.3, 0.4) is 0 Å². The molecule has 0 heterocycles. The fourth-order valence-corrected chi connectivity index (χ4v) is 3.49.